The SMILES string of the molecule is N#Cc1cccc(C(=O)NCC2CCCN(c3nccs3)C2)c1. The summed E-state index contributed by atoms with van der Waals surface area (Å²) >= 11 is 1.65. The molecule has 6 heteroatoms. The van der Waals surface area contributed by atoms with Crippen molar-refractivity contribution in [3.8, 4) is 6.07 Å². The highest BCUT2D eigenvalue weighted by atomic mass is 32.1. The van der Waals surface area contributed by atoms with Crippen LogP contribution in [0.2, 0.25) is 0 Å². The van der Waals surface area contributed by atoms with Crippen LogP contribution in [0.3, 0.4) is 0 Å². The number of hydrogen-bond acceptors (Lipinski definition) is 5. The lowest BCUT2D eigenvalue weighted by Gasteiger charge is -2.32. The van der Waals surface area contributed by atoms with Gasteiger partial charge in [0.15, 0.2) is 5.13 Å². The quantitative estimate of drug-likeness (QED) is 0.938. The number of rotatable bonds is 4. The number of carbonyl (C=O) groups excluding carboxylic acids is 1. The molecule has 1 aromatic carbocycles. The second-order valence-electron chi connectivity index (χ2n) is 5.67. The van der Waals surface area contributed by atoms with E-state index in [1.807, 2.05) is 11.6 Å². The molecule has 1 fully saturated rings. The maximum absolute atomic E-state index is 12.2. The monoisotopic (exact) mass is 326 g/mol. The molecule has 0 bridgehead atoms. The molecule has 1 atom stereocenters. The van der Waals surface area contributed by atoms with Crippen LogP contribution in [-0.4, -0.2) is 30.5 Å². The maximum Gasteiger partial charge on any atom is 0.251 e. The van der Waals surface area contributed by atoms with Crippen molar-refractivity contribution in [1.82, 2.24) is 10.3 Å². The predicted molar refractivity (Wildman–Crippen MR) is 90.5 cm³/mol. The molecule has 0 radical (unpaired) electrons. The number of hydrogen-bond donors (Lipinski definition) is 1. The third-order valence-electron chi connectivity index (χ3n) is 4.01. The van der Waals surface area contributed by atoms with E-state index in [1.165, 1.54) is 0 Å². The van der Waals surface area contributed by atoms with Gasteiger partial charge in [-0.1, -0.05) is 6.07 Å². The number of piperidine rings is 1. The Morgan fingerprint density at radius 2 is 2.43 bits per heavy atom. The molecule has 2 heterocycles. The molecule has 1 aliphatic heterocycles. The Morgan fingerprint density at radius 1 is 1.52 bits per heavy atom. The summed E-state index contributed by atoms with van der Waals surface area (Å²) in [6.45, 7) is 2.60. The molecule has 5 nitrogen and oxygen atoms in total. The normalized spacial score (nSPS) is 17.5. The first-order valence-electron chi connectivity index (χ1n) is 7.69. The molecule has 0 saturated carbocycles. The number of amides is 1. The number of carbonyl (C=O) groups is 1. The summed E-state index contributed by atoms with van der Waals surface area (Å²) in [5.74, 6) is 0.309. The summed E-state index contributed by atoms with van der Waals surface area (Å²) in [6.07, 6.45) is 4.05. The zero-order valence-corrected chi connectivity index (χ0v) is 13.6. The van der Waals surface area contributed by atoms with Crippen LogP contribution in [0.1, 0.15) is 28.8 Å². The smallest absolute Gasteiger partial charge is 0.251 e. The fourth-order valence-electron chi connectivity index (χ4n) is 2.85. The van der Waals surface area contributed by atoms with Crippen molar-refractivity contribution < 1.29 is 4.79 Å². The number of thiazole rings is 1. The summed E-state index contributed by atoms with van der Waals surface area (Å²) in [4.78, 5) is 18.9. The molecule has 1 saturated heterocycles. The van der Waals surface area contributed by atoms with Crippen LogP contribution < -0.4 is 10.2 Å². The Morgan fingerprint density at radius 3 is 3.22 bits per heavy atom. The van der Waals surface area contributed by atoms with E-state index in [0.717, 1.165) is 31.1 Å². The Labute approximate surface area is 139 Å². The van der Waals surface area contributed by atoms with Gasteiger partial charge in [0.1, 0.15) is 0 Å². The molecule has 3 rings (SSSR count). The first kappa shape index (κ1) is 15.5. The molecular weight excluding hydrogens is 308 g/mol. The van der Waals surface area contributed by atoms with Crippen LogP contribution in [0.4, 0.5) is 5.13 Å². The first-order chi connectivity index (χ1) is 11.3. The van der Waals surface area contributed by atoms with Crippen molar-refractivity contribution in [1.29, 1.82) is 5.26 Å². The van der Waals surface area contributed by atoms with Crippen molar-refractivity contribution in [2.75, 3.05) is 24.5 Å². The molecule has 1 aliphatic rings. The van der Waals surface area contributed by atoms with E-state index < -0.39 is 0 Å². The van der Waals surface area contributed by atoms with E-state index in [2.05, 4.69) is 21.3 Å². The van der Waals surface area contributed by atoms with Crippen LogP contribution in [-0.2, 0) is 0 Å². The van der Waals surface area contributed by atoms with Crippen molar-refractivity contribution in [3.05, 3.63) is 47.0 Å². The van der Waals surface area contributed by atoms with Crippen LogP contribution >= 0.6 is 11.3 Å². The van der Waals surface area contributed by atoms with Crippen LogP contribution in [0.15, 0.2) is 35.8 Å². The molecule has 2 aromatic rings. The molecule has 1 amide bonds. The molecular formula is C17H18N4OS. The van der Waals surface area contributed by atoms with Crippen molar-refractivity contribution >= 4 is 22.4 Å². The summed E-state index contributed by atoms with van der Waals surface area (Å²) in [5.41, 5.74) is 1.04. The van der Waals surface area contributed by atoms with Crippen LogP contribution in [0.25, 0.3) is 0 Å². The summed E-state index contributed by atoms with van der Waals surface area (Å²) < 4.78 is 0. The predicted octanol–water partition coefficient (Wildman–Crippen LogP) is 2.66. The minimum absolute atomic E-state index is 0.117. The van der Waals surface area contributed by atoms with Crippen LogP contribution in [0, 0.1) is 17.2 Å². The van der Waals surface area contributed by atoms with Crippen molar-refractivity contribution in [2.45, 2.75) is 12.8 Å². The fourth-order valence-corrected chi connectivity index (χ4v) is 3.53. The van der Waals surface area contributed by atoms with E-state index in [4.69, 9.17) is 5.26 Å². The van der Waals surface area contributed by atoms with E-state index >= 15 is 0 Å². The first-order valence-corrected chi connectivity index (χ1v) is 8.57. The Balaban J connectivity index is 1.55. The average molecular weight is 326 g/mol. The highest BCUT2D eigenvalue weighted by Gasteiger charge is 2.22. The van der Waals surface area contributed by atoms with Gasteiger partial charge in [-0.05, 0) is 37.0 Å². The van der Waals surface area contributed by atoms with Gasteiger partial charge in [0.25, 0.3) is 5.91 Å². The van der Waals surface area contributed by atoms with E-state index in [9.17, 15) is 4.79 Å². The fraction of sp³-hybridized carbons (Fsp3) is 0.353. The molecule has 23 heavy (non-hydrogen) atoms. The highest BCUT2D eigenvalue weighted by molar-refractivity contribution is 7.13. The molecule has 1 aromatic heterocycles. The van der Waals surface area contributed by atoms with Gasteiger partial charge in [0.2, 0.25) is 0 Å². The molecule has 1 N–H and O–H groups in total. The van der Waals surface area contributed by atoms with Crippen LogP contribution in [0.5, 0.6) is 0 Å². The largest absolute Gasteiger partial charge is 0.352 e. The van der Waals surface area contributed by atoms with Gasteiger partial charge >= 0.3 is 0 Å². The lowest BCUT2D eigenvalue weighted by atomic mass is 9.98. The van der Waals surface area contributed by atoms with Gasteiger partial charge in [-0.2, -0.15) is 5.26 Å². The summed E-state index contributed by atoms with van der Waals surface area (Å²) in [6, 6.07) is 8.85. The van der Waals surface area contributed by atoms with Gasteiger partial charge < -0.3 is 10.2 Å². The summed E-state index contributed by atoms with van der Waals surface area (Å²) in [5, 5.41) is 14.9. The average Bonchev–Trinajstić information content (AvgIpc) is 3.14. The van der Waals surface area contributed by atoms with Gasteiger partial charge in [0.05, 0.1) is 11.6 Å². The number of aromatic nitrogens is 1. The second kappa shape index (κ2) is 7.25. The van der Waals surface area contributed by atoms with Gasteiger partial charge in [0, 0.05) is 36.8 Å². The lowest BCUT2D eigenvalue weighted by molar-refractivity contribution is 0.0945. The minimum Gasteiger partial charge on any atom is -0.352 e. The van der Waals surface area contributed by atoms with Crippen molar-refractivity contribution in [3.63, 3.8) is 0 Å². The Bertz CT molecular complexity index is 708. The third kappa shape index (κ3) is 3.88. The zero-order chi connectivity index (χ0) is 16.1. The molecule has 1 unspecified atom stereocenters. The number of nitriles is 1. The van der Waals surface area contributed by atoms with Gasteiger partial charge in [-0.3, -0.25) is 4.79 Å². The number of nitrogens with one attached hydrogen (secondary N) is 1. The Hall–Kier alpha value is -2.39. The number of nitrogens with zero attached hydrogens (tertiary/aromatic N) is 3. The third-order valence-corrected chi connectivity index (χ3v) is 4.85. The lowest BCUT2D eigenvalue weighted by Crippen LogP contribution is -2.41. The highest BCUT2D eigenvalue weighted by Crippen LogP contribution is 2.24. The second-order valence-corrected chi connectivity index (χ2v) is 6.54. The minimum atomic E-state index is -0.117. The van der Waals surface area contributed by atoms with E-state index in [1.54, 1.807) is 35.6 Å². The van der Waals surface area contributed by atoms with Gasteiger partial charge in [-0.25, -0.2) is 4.98 Å². The maximum atomic E-state index is 12.2. The Kier molecular flexibility index (Phi) is 4.89. The van der Waals surface area contributed by atoms with E-state index in [-0.39, 0.29) is 5.91 Å². The standard InChI is InChI=1S/C17H18N4OS/c18-10-13-3-1-5-15(9-13)16(22)20-11-14-4-2-7-21(12-14)17-19-6-8-23-17/h1,3,5-6,8-9,14H,2,4,7,11-12H2,(H,20,22). The zero-order valence-electron chi connectivity index (χ0n) is 12.7. The number of benzene rings is 1. The molecule has 118 valence electrons. The summed E-state index contributed by atoms with van der Waals surface area (Å²) in [7, 11) is 0. The molecule has 0 spiro atoms. The number of anilines is 1. The van der Waals surface area contributed by atoms with Gasteiger partial charge in [-0.15, -0.1) is 11.3 Å². The molecule has 0 aliphatic carbocycles. The van der Waals surface area contributed by atoms with E-state index in [0.29, 0.717) is 23.6 Å². The topological polar surface area (TPSA) is 69.0 Å². The van der Waals surface area contributed by atoms with Crippen molar-refractivity contribution in [2.24, 2.45) is 5.92 Å².